The van der Waals surface area contributed by atoms with Crippen LogP contribution < -0.4 is 44.7 Å². The minimum Gasteiger partial charge on any atom is -0.546 e. The number of carbonyl (C=O) groups is 1. The average Bonchev–Trinajstić information content (AvgIpc) is 2.82. The van der Waals surface area contributed by atoms with Crippen molar-refractivity contribution in [1.29, 1.82) is 0 Å². The van der Waals surface area contributed by atoms with Gasteiger partial charge in [0.05, 0.1) is 21.9 Å². The van der Waals surface area contributed by atoms with E-state index in [9.17, 15) is 23.4 Å². The largest absolute Gasteiger partial charge is 1.00 e. The smallest absolute Gasteiger partial charge is 0.546 e. The van der Waals surface area contributed by atoms with Gasteiger partial charge in [-0.2, -0.15) is 0 Å². The van der Waals surface area contributed by atoms with E-state index in [1.807, 2.05) is 6.07 Å². The zero-order valence-corrected chi connectivity index (χ0v) is 23.1. The van der Waals surface area contributed by atoms with Crippen LogP contribution in [-0.4, -0.2) is 38.7 Å². The van der Waals surface area contributed by atoms with Crippen molar-refractivity contribution in [2.24, 2.45) is 0 Å². The first-order valence-electron chi connectivity index (χ1n) is 10.6. The molecule has 0 bridgehead atoms. The van der Waals surface area contributed by atoms with Gasteiger partial charge in [-0.05, 0) is 79.5 Å². The minimum absolute atomic E-state index is 0. The number of hydrogen-bond acceptors (Lipinski definition) is 7. The molecule has 0 radical (unpaired) electrons. The molecule has 0 aromatic heterocycles. The monoisotopic (exact) mass is 525 g/mol. The molecular formula is C25H25ClNNaO6S. The SMILES string of the molecule is C[C@H](Oc1ccc(S(=O)(=O)c2ccc(CCNC[C@H](O)c3cccc(Cl)c3)cc2)cc1)C(=O)[O-].[Na+]. The van der Waals surface area contributed by atoms with E-state index in [0.717, 1.165) is 11.1 Å². The average molecular weight is 526 g/mol. The fourth-order valence-corrected chi connectivity index (χ4v) is 4.68. The minimum atomic E-state index is -3.73. The van der Waals surface area contributed by atoms with Gasteiger partial charge in [0, 0.05) is 11.6 Å². The quantitative estimate of drug-likeness (QED) is 0.257. The summed E-state index contributed by atoms with van der Waals surface area (Å²) in [5.41, 5.74) is 1.69. The zero-order valence-electron chi connectivity index (χ0n) is 19.5. The molecule has 0 saturated heterocycles. The molecule has 0 fully saturated rings. The van der Waals surface area contributed by atoms with Crippen LogP contribution in [0.3, 0.4) is 0 Å². The first-order chi connectivity index (χ1) is 16.2. The summed E-state index contributed by atoms with van der Waals surface area (Å²) >= 11 is 5.95. The molecule has 0 aliphatic heterocycles. The number of carboxylic acids is 1. The number of aliphatic hydroxyl groups is 1. The second-order valence-corrected chi connectivity index (χ2v) is 10.1. The number of ether oxygens (including phenoxy) is 1. The predicted octanol–water partition coefficient (Wildman–Crippen LogP) is -0.440. The van der Waals surface area contributed by atoms with Crippen molar-refractivity contribution in [3.05, 3.63) is 88.9 Å². The molecule has 0 unspecified atom stereocenters. The number of aliphatic carboxylic acids is 1. The van der Waals surface area contributed by atoms with Crippen LogP contribution in [0.15, 0.2) is 82.6 Å². The van der Waals surface area contributed by atoms with Crippen LogP contribution in [0.2, 0.25) is 5.02 Å². The maximum Gasteiger partial charge on any atom is 1.00 e. The molecule has 0 heterocycles. The summed E-state index contributed by atoms with van der Waals surface area (Å²) in [5.74, 6) is -1.12. The molecule has 0 aliphatic carbocycles. The summed E-state index contributed by atoms with van der Waals surface area (Å²) in [6, 6.07) is 19.2. The van der Waals surface area contributed by atoms with Gasteiger partial charge < -0.3 is 25.1 Å². The topological polar surface area (TPSA) is 116 Å². The Labute approximate surface area is 232 Å². The maximum atomic E-state index is 12.9. The van der Waals surface area contributed by atoms with Gasteiger partial charge in [0.25, 0.3) is 0 Å². The molecule has 7 nitrogen and oxygen atoms in total. The first kappa shape index (κ1) is 29.3. The molecule has 0 saturated carbocycles. The number of benzene rings is 3. The molecule has 180 valence electrons. The number of carbonyl (C=O) groups excluding carboxylic acids is 1. The predicted molar refractivity (Wildman–Crippen MR) is 126 cm³/mol. The molecule has 3 aromatic rings. The summed E-state index contributed by atoms with van der Waals surface area (Å²) in [7, 11) is -3.73. The van der Waals surface area contributed by atoms with E-state index in [4.69, 9.17) is 16.3 Å². The zero-order chi connectivity index (χ0) is 24.7. The Kier molecular flexibility index (Phi) is 11.2. The Morgan fingerprint density at radius 2 is 1.66 bits per heavy atom. The van der Waals surface area contributed by atoms with Crippen molar-refractivity contribution in [2.75, 3.05) is 13.1 Å². The number of nitrogens with one attached hydrogen (secondary N) is 1. The number of carboxylic acid groups (broad SMARTS) is 1. The van der Waals surface area contributed by atoms with Crippen LogP contribution in [0, 0.1) is 0 Å². The molecular weight excluding hydrogens is 501 g/mol. The summed E-state index contributed by atoms with van der Waals surface area (Å²) < 4.78 is 30.9. The Hall–Kier alpha value is -1.91. The third-order valence-corrected chi connectivity index (χ3v) is 7.19. The second-order valence-electron chi connectivity index (χ2n) is 7.72. The molecule has 3 rings (SSSR count). The number of rotatable bonds is 11. The van der Waals surface area contributed by atoms with Crippen molar-refractivity contribution >= 4 is 27.4 Å². The van der Waals surface area contributed by atoms with Crippen LogP contribution in [0.25, 0.3) is 0 Å². The molecule has 0 aliphatic rings. The van der Waals surface area contributed by atoms with Crippen molar-refractivity contribution in [1.82, 2.24) is 5.32 Å². The van der Waals surface area contributed by atoms with Crippen LogP contribution in [0.1, 0.15) is 24.2 Å². The molecule has 0 spiro atoms. The van der Waals surface area contributed by atoms with Crippen molar-refractivity contribution in [3.8, 4) is 5.75 Å². The number of halogens is 1. The molecule has 0 amide bonds. The Morgan fingerprint density at radius 3 is 2.23 bits per heavy atom. The fourth-order valence-electron chi connectivity index (χ4n) is 3.22. The van der Waals surface area contributed by atoms with Gasteiger partial charge in [-0.3, -0.25) is 0 Å². The van der Waals surface area contributed by atoms with Crippen LogP contribution >= 0.6 is 11.6 Å². The van der Waals surface area contributed by atoms with E-state index in [2.05, 4.69) is 5.32 Å². The fraction of sp³-hybridized carbons (Fsp3) is 0.240. The van der Waals surface area contributed by atoms with Gasteiger partial charge >= 0.3 is 29.6 Å². The Morgan fingerprint density at radius 1 is 1.06 bits per heavy atom. The van der Waals surface area contributed by atoms with Gasteiger partial charge in [-0.25, -0.2) is 8.42 Å². The Bertz CT molecular complexity index is 1220. The van der Waals surface area contributed by atoms with Gasteiger partial charge in [0.15, 0.2) is 0 Å². The van der Waals surface area contributed by atoms with Gasteiger partial charge in [0.2, 0.25) is 9.84 Å². The van der Waals surface area contributed by atoms with E-state index >= 15 is 0 Å². The summed E-state index contributed by atoms with van der Waals surface area (Å²) in [4.78, 5) is 11.0. The van der Waals surface area contributed by atoms with E-state index in [-0.39, 0.29) is 45.1 Å². The third-order valence-electron chi connectivity index (χ3n) is 5.17. The number of sulfone groups is 1. The summed E-state index contributed by atoms with van der Waals surface area (Å²) in [6.07, 6.45) is -1.16. The van der Waals surface area contributed by atoms with Crippen LogP contribution in [0.5, 0.6) is 5.75 Å². The summed E-state index contributed by atoms with van der Waals surface area (Å²) in [5, 5.41) is 24.8. The molecule has 35 heavy (non-hydrogen) atoms. The normalized spacial score (nSPS) is 12.9. The third kappa shape index (κ3) is 8.32. The van der Waals surface area contributed by atoms with Crippen LogP contribution in [0.4, 0.5) is 0 Å². The summed E-state index contributed by atoms with van der Waals surface area (Å²) in [6.45, 7) is 2.31. The van der Waals surface area contributed by atoms with Crippen molar-refractivity contribution < 1.29 is 57.7 Å². The molecule has 2 atom stereocenters. The molecule has 10 heteroatoms. The number of hydrogen-bond donors (Lipinski definition) is 2. The number of aliphatic hydroxyl groups excluding tert-OH is 1. The van der Waals surface area contributed by atoms with Crippen molar-refractivity contribution in [2.45, 2.75) is 35.3 Å². The molecule has 3 aromatic carbocycles. The van der Waals surface area contributed by atoms with Gasteiger partial charge in [-0.1, -0.05) is 35.9 Å². The van der Waals surface area contributed by atoms with Gasteiger partial charge in [-0.15, -0.1) is 0 Å². The van der Waals surface area contributed by atoms with E-state index in [1.54, 1.807) is 42.5 Å². The van der Waals surface area contributed by atoms with Crippen molar-refractivity contribution in [3.63, 3.8) is 0 Å². The van der Waals surface area contributed by atoms with Crippen LogP contribution in [-0.2, 0) is 21.1 Å². The molecule has 2 N–H and O–H groups in total. The standard InChI is InChI=1S/C25H26ClNO6S.Na/c1-17(25(29)30)33-21-7-11-23(12-8-21)34(31,32)22-9-5-18(6-10-22)13-14-27-16-24(28)19-3-2-4-20(26)15-19;/h2-12,15,17,24,27-28H,13-14,16H2,1H3,(H,29,30);/q;+1/p-1/t17-,24-;/m0./s1. The first-order valence-corrected chi connectivity index (χ1v) is 12.5. The second kappa shape index (κ2) is 13.4. The van der Waals surface area contributed by atoms with E-state index in [1.165, 1.54) is 31.2 Å². The van der Waals surface area contributed by atoms with E-state index < -0.39 is 28.0 Å². The van der Waals surface area contributed by atoms with E-state index in [0.29, 0.717) is 24.5 Å². The maximum absolute atomic E-state index is 12.9. The Balaban J connectivity index is 0.00000432. The van der Waals surface area contributed by atoms with Gasteiger partial charge in [0.1, 0.15) is 11.9 Å².